The number of rotatable bonds is 6. The number of esters is 1. The average molecular weight is 470 g/mol. The maximum absolute atomic E-state index is 14.8. The van der Waals surface area contributed by atoms with E-state index in [1.807, 2.05) is 0 Å². The van der Waals surface area contributed by atoms with Crippen molar-refractivity contribution in [1.29, 1.82) is 0 Å². The molecular formula is C16H12Cl2F3N3O4S. The molecule has 2 heterocycles. The second-order valence-corrected chi connectivity index (χ2v) is 7.37. The number of fused-ring (bicyclic) bond motifs is 1. The molecule has 1 aromatic carbocycles. The van der Waals surface area contributed by atoms with Crippen molar-refractivity contribution in [1.82, 2.24) is 14.8 Å². The maximum atomic E-state index is 14.8. The summed E-state index contributed by atoms with van der Waals surface area (Å²) in [4.78, 5) is 15.7. The zero-order chi connectivity index (χ0) is 21.5. The van der Waals surface area contributed by atoms with E-state index in [0.717, 1.165) is 22.1 Å². The molecule has 7 nitrogen and oxygen atoms in total. The second-order valence-electron chi connectivity index (χ2n) is 5.63. The fourth-order valence-corrected chi connectivity index (χ4v) is 4.12. The number of alkyl halides is 2. The number of carbonyl (C=O) groups is 1. The van der Waals surface area contributed by atoms with Crippen LogP contribution < -0.4 is 9.47 Å². The summed E-state index contributed by atoms with van der Waals surface area (Å²) in [6.45, 7) is -1.70. The van der Waals surface area contributed by atoms with Gasteiger partial charge in [-0.1, -0.05) is 34.5 Å². The highest BCUT2D eigenvalue weighted by Gasteiger charge is 2.27. The molecule has 0 fully saturated rings. The summed E-state index contributed by atoms with van der Waals surface area (Å²) in [6, 6.07) is 0.991. The topological polar surface area (TPSA) is 75.5 Å². The molecule has 2 aromatic heterocycles. The van der Waals surface area contributed by atoms with Gasteiger partial charge in [0.15, 0.2) is 6.10 Å². The lowest BCUT2D eigenvalue weighted by Crippen LogP contribution is -2.24. The Kier molecular flexibility index (Phi) is 6.11. The zero-order valence-electron chi connectivity index (χ0n) is 15.0. The van der Waals surface area contributed by atoms with Crippen molar-refractivity contribution in [2.75, 3.05) is 7.11 Å². The smallest absolute Gasteiger partial charge is 0.388 e. The lowest BCUT2D eigenvalue weighted by atomic mass is 10.1. The van der Waals surface area contributed by atoms with E-state index < -0.39 is 30.4 Å². The van der Waals surface area contributed by atoms with Gasteiger partial charge in [0, 0.05) is 7.05 Å². The van der Waals surface area contributed by atoms with Gasteiger partial charge < -0.3 is 14.2 Å². The molecule has 0 amide bonds. The normalized spacial score (nSPS) is 12.4. The molecule has 156 valence electrons. The predicted molar refractivity (Wildman–Crippen MR) is 101 cm³/mol. The fourth-order valence-electron chi connectivity index (χ4n) is 2.48. The number of nitrogens with zero attached hydrogens (tertiary/aromatic N) is 3. The minimum Gasteiger partial charge on any atom is -0.466 e. The Labute approximate surface area is 175 Å². The Morgan fingerprint density at radius 3 is 2.62 bits per heavy atom. The number of ether oxygens (including phenoxy) is 3. The van der Waals surface area contributed by atoms with Gasteiger partial charge in [0.05, 0.1) is 22.4 Å². The largest absolute Gasteiger partial charge is 0.466 e. The van der Waals surface area contributed by atoms with Crippen molar-refractivity contribution in [2.24, 2.45) is 7.05 Å². The summed E-state index contributed by atoms with van der Waals surface area (Å²) in [5.74, 6) is -1.87. The summed E-state index contributed by atoms with van der Waals surface area (Å²) in [5.41, 5.74) is -0.0921. The van der Waals surface area contributed by atoms with Gasteiger partial charge in [0.25, 0.3) is 5.19 Å². The summed E-state index contributed by atoms with van der Waals surface area (Å²) in [5, 5.41) is 3.68. The van der Waals surface area contributed by atoms with Crippen molar-refractivity contribution in [3.05, 3.63) is 21.9 Å². The van der Waals surface area contributed by atoms with Gasteiger partial charge in [0.1, 0.15) is 22.1 Å². The van der Waals surface area contributed by atoms with Gasteiger partial charge in [-0.25, -0.2) is 18.9 Å². The van der Waals surface area contributed by atoms with Gasteiger partial charge in [0.2, 0.25) is 5.88 Å². The standard InChI is InChI=1S/C16H12Cl2F3N3O4S/c1-5(14(25)26-3)27-16-22-10-6(17)4-7(19)8(12(10)29-16)11-9(18)13(24(2)23-11)28-15(20)21/h4-5,15H,1-3H3. The Balaban J connectivity index is 2.15. The molecule has 13 heteroatoms. The highest BCUT2D eigenvalue weighted by atomic mass is 35.5. The Morgan fingerprint density at radius 2 is 2.00 bits per heavy atom. The molecule has 3 aromatic rings. The van der Waals surface area contributed by atoms with Crippen LogP contribution >= 0.6 is 34.5 Å². The molecule has 0 aliphatic heterocycles. The number of aromatic nitrogens is 3. The molecule has 0 bridgehead atoms. The first-order valence-electron chi connectivity index (χ1n) is 7.84. The molecule has 0 aliphatic rings. The van der Waals surface area contributed by atoms with E-state index in [9.17, 15) is 18.0 Å². The van der Waals surface area contributed by atoms with Gasteiger partial charge in [-0.15, -0.1) is 0 Å². The quantitative estimate of drug-likeness (QED) is 0.487. The van der Waals surface area contributed by atoms with Crippen molar-refractivity contribution in [2.45, 2.75) is 19.6 Å². The van der Waals surface area contributed by atoms with E-state index in [1.165, 1.54) is 21.1 Å². The van der Waals surface area contributed by atoms with Crippen LogP contribution in [0.5, 0.6) is 11.1 Å². The van der Waals surface area contributed by atoms with Crippen molar-refractivity contribution in [3.63, 3.8) is 0 Å². The number of carbonyl (C=O) groups excluding carboxylic acids is 1. The fraction of sp³-hybridized carbons (Fsp3) is 0.312. The number of hydrogen-bond donors (Lipinski definition) is 0. The Morgan fingerprint density at radius 1 is 1.31 bits per heavy atom. The van der Waals surface area contributed by atoms with Crippen molar-refractivity contribution in [3.8, 4) is 22.3 Å². The highest BCUT2D eigenvalue weighted by Crippen LogP contribution is 2.45. The van der Waals surface area contributed by atoms with E-state index in [1.54, 1.807) is 0 Å². The number of thiazole rings is 1. The first-order chi connectivity index (χ1) is 13.6. The van der Waals surface area contributed by atoms with Gasteiger partial charge in [-0.2, -0.15) is 13.9 Å². The number of benzene rings is 1. The maximum Gasteiger partial charge on any atom is 0.388 e. The number of aryl methyl sites for hydroxylation is 1. The van der Waals surface area contributed by atoms with Gasteiger partial charge >= 0.3 is 12.6 Å². The number of hydrogen-bond acceptors (Lipinski definition) is 7. The van der Waals surface area contributed by atoms with Gasteiger partial charge in [-0.05, 0) is 13.0 Å². The second kappa shape index (κ2) is 8.25. The Hall–Kier alpha value is -2.24. The summed E-state index contributed by atoms with van der Waals surface area (Å²) < 4.78 is 55.5. The zero-order valence-corrected chi connectivity index (χ0v) is 17.3. The SMILES string of the molecule is COC(=O)C(C)Oc1nc2c(Cl)cc(F)c(-c3nn(C)c(OC(F)F)c3Cl)c2s1. The van der Waals surface area contributed by atoms with Crippen LogP contribution in [0.3, 0.4) is 0 Å². The lowest BCUT2D eigenvalue weighted by molar-refractivity contribution is -0.147. The number of halogens is 5. The molecule has 0 aliphatic carbocycles. The minimum absolute atomic E-state index is 0.0164. The molecule has 0 N–H and O–H groups in total. The third-order valence-electron chi connectivity index (χ3n) is 3.74. The lowest BCUT2D eigenvalue weighted by Gasteiger charge is -2.08. The molecular weight excluding hydrogens is 458 g/mol. The first-order valence-corrected chi connectivity index (χ1v) is 9.42. The van der Waals surface area contributed by atoms with Crippen LogP contribution in [0.25, 0.3) is 21.5 Å². The van der Waals surface area contributed by atoms with Crippen LogP contribution in [0.2, 0.25) is 10.0 Å². The highest BCUT2D eigenvalue weighted by molar-refractivity contribution is 7.20. The number of methoxy groups -OCH3 is 1. The van der Waals surface area contributed by atoms with E-state index in [0.29, 0.717) is 0 Å². The van der Waals surface area contributed by atoms with Crippen molar-refractivity contribution < 1.29 is 32.2 Å². The molecule has 0 spiro atoms. The van der Waals surface area contributed by atoms with Crippen LogP contribution in [-0.4, -0.2) is 40.6 Å². The van der Waals surface area contributed by atoms with Crippen molar-refractivity contribution >= 4 is 50.7 Å². The molecule has 0 radical (unpaired) electrons. The van der Waals surface area contributed by atoms with Crippen LogP contribution in [0.15, 0.2) is 6.07 Å². The monoisotopic (exact) mass is 469 g/mol. The van der Waals surface area contributed by atoms with Crippen LogP contribution in [0, 0.1) is 5.82 Å². The average Bonchev–Trinajstić information content (AvgIpc) is 3.17. The van der Waals surface area contributed by atoms with Crippen LogP contribution in [0.4, 0.5) is 13.2 Å². The van der Waals surface area contributed by atoms with E-state index >= 15 is 0 Å². The molecule has 29 heavy (non-hydrogen) atoms. The van der Waals surface area contributed by atoms with Gasteiger partial charge in [-0.3, -0.25) is 0 Å². The first kappa shape index (κ1) is 21.5. The van der Waals surface area contributed by atoms with E-state index in [-0.39, 0.29) is 36.7 Å². The third-order valence-corrected chi connectivity index (χ3v) is 5.33. The summed E-state index contributed by atoms with van der Waals surface area (Å²) >= 11 is 13.1. The predicted octanol–water partition coefficient (Wildman–Crippen LogP) is 4.68. The molecule has 0 saturated carbocycles. The third kappa shape index (κ3) is 4.07. The molecule has 1 atom stereocenters. The minimum atomic E-state index is -3.14. The molecule has 0 saturated heterocycles. The summed E-state index contributed by atoms with van der Waals surface area (Å²) in [7, 11) is 2.52. The van der Waals surface area contributed by atoms with Crippen LogP contribution in [-0.2, 0) is 16.6 Å². The molecule has 3 rings (SSSR count). The van der Waals surface area contributed by atoms with Crippen LogP contribution in [0.1, 0.15) is 6.92 Å². The van der Waals surface area contributed by atoms with E-state index in [2.05, 4.69) is 19.6 Å². The molecule has 1 unspecified atom stereocenters. The van der Waals surface area contributed by atoms with E-state index in [4.69, 9.17) is 27.9 Å². The Bertz CT molecular complexity index is 1090. The summed E-state index contributed by atoms with van der Waals surface area (Å²) in [6.07, 6.45) is -0.975.